The van der Waals surface area contributed by atoms with E-state index in [1.807, 2.05) is 13.8 Å². The lowest BCUT2D eigenvalue weighted by atomic mass is 10.1. The van der Waals surface area contributed by atoms with E-state index in [4.69, 9.17) is 17.3 Å². The number of aryl methyl sites for hydroxylation is 2. The van der Waals surface area contributed by atoms with E-state index in [1.54, 1.807) is 11.3 Å². The Kier molecular flexibility index (Phi) is 3.12. The molecule has 0 saturated heterocycles. The zero-order valence-corrected chi connectivity index (χ0v) is 8.67. The van der Waals surface area contributed by atoms with Crippen molar-refractivity contribution in [3.63, 3.8) is 0 Å². The third kappa shape index (κ3) is 1.64. The van der Waals surface area contributed by atoms with Crippen molar-refractivity contribution < 1.29 is 5.11 Å². The number of halogens is 1. The van der Waals surface area contributed by atoms with Gasteiger partial charge in [0.2, 0.25) is 0 Å². The van der Waals surface area contributed by atoms with Gasteiger partial charge >= 0.3 is 0 Å². The Morgan fingerprint density at radius 2 is 2.08 bits per heavy atom. The molecule has 1 unspecified atom stereocenters. The molecule has 0 bridgehead atoms. The number of nitrogens with two attached hydrogens (primary N) is 1. The Labute approximate surface area is 81.0 Å². The molecular formula is C8H12ClNOS. The number of rotatable bonds is 2. The Morgan fingerprint density at radius 3 is 2.42 bits per heavy atom. The predicted molar refractivity (Wildman–Crippen MR) is 52.8 cm³/mol. The largest absolute Gasteiger partial charge is 0.387 e. The maximum Gasteiger partial charge on any atom is 0.0937 e. The molecule has 0 amide bonds. The van der Waals surface area contributed by atoms with Gasteiger partial charge in [-0.15, -0.1) is 11.3 Å². The molecule has 0 spiro atoms. The summed E-state index contributed by atoms with van der Waals surface area (Å²) < 4.78 is 0. The molecule has 0 aromatic carbocycles. The van der Waals surface area contributed by atoms with Gasteiger partial charge in [-0.25, -0.2) is 0 Å². The van der Waals surface area contributed by atoms with Gasteiger partial charge in [0.05, 0.1) is 11.1 Å². The maximum atomic E-state index is 9.50. The summed E-state index contributed by atoms with van der Waals surface area (Å²) in [5.74, 6) is 0. The molecule has 0 aliphatic heterocycles. The monoisotopic (exact) mass is 205 g/mol. The summed E-state index contributed by atoms with van der Waals surface area (Å²) in [5, 5.41) is 10.2. The fourth-order valence-electron chi connectivity index (χ4n) is 1.17. The maximum absolute atomic E-state index is 9.50. The lowest BCUT2D eigenvalue weighted by Crippen LogP contribution is -2.11. The van der Waals surface area contributed by atoms with Crippen LogP contribution in [-0.4, -0.2) is 11.7 Å². The van der Waals surface area contributed by atoms with Gasteiger partial charge < -0.3 is 10.8 Å². The second-order valence-electron chi connectivity index (χ2n) is 2.69. The Balaban J connectivity index is 3.13. The molecule has 1 atom stereocenters. The van der Waals surface area contributed by atoms with E-state index < -0.39 is 6.10 Å². The van der Waals surface area contributed by atoms with Gasteiger partial charge in [-0.3, -0.25) is 0 Å². The van der Waals surface area contributed by atoms with Gasteiger partial charge in [0, 0.05) is 21.9 Å². The highest BCUT2D eigenvalue weighted by molar-refractivity contribution is 7.12. The van der Waals surface area contributed by atoms with Crippen molar-refractivity contribution in [2.45, 2.75) is 20.0 Å². The fourth-order valence-corrected chi connectivity index (χ4v) is 2.62. The molecule has 1 aromatic rings. The smallest absolute Gasteiger partial charge is 0.0937 e. The van der Waals surface area contributed by atoms with Gasteiger partial charge in [-0.2, -0.15) is 0 Å². The van der Waals surface area contributed by atoms with Crippen LogP contribution >= 0.6 is 22.9 Å². The van der Waals surface area contributed by atoms with Crippen LogP contribution in [0.2, 0.25) is 5.02 Å². The molecule has 0 aliphatic rings. The number of aliphatic hydroxyl groups excluding tert-OH is 1. The van der Waals surface area contributed by atoms with Gasteiger partial charge in [-0.1, -0.05) is 11.6 Å². The number of thiophene rings is 1. The van der Waals surface area contributed by atoms with Gasteiger partial charge in [0.15, 0.2) is 0 Å². The summed E-state index contributed by atoms with van der Waals surface area (Å²) in [5.41, 5.74) is 6.14. The van der Waals surface area contributed by atoms with Crippen molar-refractivity contribution in [3.05, 3.63) is 20.3 Å². The average Bonchev–Trinajstić information content (AvgIpc) is 2.26. The highest BCUT2D eigenvalue weighted by Crippen LogP contribution is 2.35. The quantitative estimate of drug-likeness (QED) is 0.776. The topological polar surface area (TPSA) is 46.2 Å². The summed E-state index contributed by atoms with van der Waals surface area (Å²) in [6, 6.07) is 0. The minimum Gasteiger partial charge on any atom is -0.387 e. The van der Waals surface area contributed by atoms with Crippen LogP contribution in [0.5, 0.6) is 0 Å². The zero-order chi connectivity index (χ0) is 9.30. The molecule has 0 aliphatic carbocycles. The van der Waals surface area contributed by atoms with E-state index in [9.17, 15) is 5.11 Å². The van der Waals surface area contributed by atoms with E-state index in [0.29, 0.717) is 5.02 Å². The van der Waals surface area contributed by atoms with Crippen molar-refractivity contribution in [1.82, 2.24) is 0 Å². The van der Waals surface area contributed by atoms with Crippen LogP contribution in [0.3, 0.4) is 0 Å². The number of hydrogen-bond donors (Lipinski definition) is 2. The van der Waals surface area contributed by atoms with Crippen LogP contribution in [0.15, 0.2) is 0 Å². The first-order valence-corrected chi connectivity index (χ1v) is 4.91. The van der Waals surface area contributed by atoms with Crippen molar-refractivity contribution in [1.29, 1.82) is 0 Å². The molecule has 1 aromatic heterocycles. The molecule has 0 saturated carbocycles. The number of aliphatic hydroxyl groups is 1. The average molecular weight is 206 g/mol. The molecule has 12 heavy (non-hydrogen) atoms. The van der Waals surface area contributed by atoms with Crippen molar-refractivity contribution in [3.8, 4) is 0 Å². The Morgan fingerprint density at radius 1 is 1.50 bits per heavy atom. The summed E-state index contributed by atoms with van der Waals surface area (Å²) >= 11 is 7.57. The second-order valence-corrected chi connectivity index (χ2v) is 4.50. The molecule has 1 heterocycles. The predicted octanol–water partition coefficient (Wildman–Crippen LogP) is 2.01. The van der Waals surface area contributed by atoms with Crippen LogP contribution in [0.1, 0.15) is 21.4 Å². The third-order valence-corrected chi connectivity index (χ3v) is 3.42. The minimum absolute atomic E-state index is 0.219. The van der Waals surface area contributed by atoms with Crippen molar-refractivity contribution in [2.24, 2.45) is 5.73 Å². The first kappa shape index (κ1) is 9.99. The van der Waals surface area contributed by atoms with Crippen LogP contribution < -0.4 is 5.73 Å². The van der Waals surface area contributed by atoms with E-state index in [0.717, 1.165) is 15.3 Å². The lowest BCUT2D eigenvalue weighted by molar-refractivity contribution is 0.186. The van der Waals surface area contributed by atoms with Crippen molar-refractivity contribution in [2.75, 3.05) is 6.54 Å². The van der Waals surface area contributed by atoms with E-state index in [-0.39, 0.29) is 6.54 Å². The highest BCUT2D eigenvalue weighted by atomic mass is 35.5. The summed E-state index contributed by atoms with van der Waals surface area (Å²) in [7, 11) is 0. The first-order valence-electron chi connectivity index (χ1n) is 3.71. The highest BCUT2D eigenvalue weighted by Gasteiger charge is 2.17. The van der Waals surface area contributed by atoms with Crippen LogP contribution in [0.4, 0.5) is 0 Å². The summed E-state index contributed by atoms with van der Waals surface area (Å²) in [6.07, 6.45) is -0.623. The molecule has 2 nitrogen and oxygen atoms in total. The van der Waals surface area contributed by atoms with Gasteiger partial charge in [0.1, 0.15) is 0 Å². The van der Waals surface area contributed by atoms with E-state index >= 15 is 0 Å². The van der Waals surface area contributed by atoms with Crippen LogP contribution in [0.25, 0.3) is 0 Å². The van der Waals surface area contributed by atoms with Gasteiger partial charge in [0.25, 0.3) is 0 Å². The van der Waals surface area contributed by atoms with Crippen molar-refractivity contribution >= 4 is 22.9 Å². The van der Waals surface area contributed by atoms with Crippen LogP contribution in [0, 0.1) is 13.8 Å². The Hall–Kier alpha value is -0.0900. The first-order chi connectivity index (χ1) is 5.57. The van der Waals surface area contributed by atoms with E-state index in [2.05, 4.69) is 0 Å². The fraction of sp³-hybridized carbons (Fsp3) is 0.500. The third-order valence-electron chi connectivity index (χ3n) is 1.79. The standard InChI is InChI=1S/C8H12ClNOS/c1-4-7(6(11)3-10)8(9)5(2)12-4/h6,11H,3,10H2,1-2H3. The van der Waals surface area contributed by atoms with E-state index in [1.165, 1.54) is 0 Å². The zero-order valence-electron chi connectivity index (χ0n) is 7.10. The minimum atomic E-state index is -0.623. The Bertz CT molecular complexity index is 285. The molecule has 1 rings (SSSR count). The lowest BCUT2D eigenvalue weighted by Gasteiger charge is -2.07. The SMILES string of the molecule is Cc1sc(C)c(C(O)CN)c1Cl. The molecule has 4 heteroatoms. The summed E-state index contributed by atoms with van der Waals surface area (Å²) in [6.45, 7) is 4.10. The van der Waals surface area contributed by atoms with Crippen LogP contribution in [-0.2, 0) is 0 Å². The molecular weight excluding hydrogens is 194 g/mol. The molecule has 0 radical (unpaired) electrons. The molecule has 0 fully saturated rings. The molecule has 3 N–H and O–H groups in total. The summed E-state index contributed by atoms with van der Waals surface area (Å²) in [4.78, 5) is 2.09. The number of hydrogen-bond acceptors (Lipinski definition) is 3. The normalized spacial score (nSPS) is 13.4. The second kappa shape index (κ2) is 3.75. The van der Waals surface area contributed by atoms with Gasteiger partial charge in [-0.05, 0) is 13.8 Å². The molecule has 68 valence electrons.